The molecule has 0 N–H and O–H groups in total. The van der Waals surface area contributed by atoms with E-state index in [0.717, 1.165) is 31.5 Å². The molecule has 1 saturated heterocycles. The van der Waals surface area contributed by atoms with Gasteiger partial charge in [-0.15, -0.1) is 11.3 Å². The number of thiophene rings is 1. The highest BCUT2D eigenvalue weighted by molar-refractivity contribution is 7.20. The van der Waals surface area contributed by atoms with Gasteiger partial charge >= 0.3 is 0 Å². The first-order valence-corrected chi connectivity index (χ1v) is 7.15. The second kappa shape index (κ2) is 4.45. The van der Waals surface area contributed by atoms with Crippen molar-refractivity contribution >= 4 is 27.5 Å². The van der Waals surface area contributed by atoms with Crippen LogP contribution in [-0.4, -0.2) is 33.4 Å². The summed E-state index contributed by atoms with van der Waals surface area (Å²) in [5, 5.41) is 0.581. The fourth-order valence-electron chi connectivity index (χ4n) is 2.48. The van der Waals surface area contributed by atoms with E-state index in [9.17, 15) is 9.59 Å². The molecule has 1 aliphatic rings. The Morgan fingerprint density at radius 2 is 2.05 bits per heavy atom. The Hall–Kier alpha value is -1.69. The van der Waals surface area contributed by atoms with E-state index in [4.69, 9.17) is 0 Å². The number of amides is 1. The van der Waals surface area contributed by atoms with Crippen LogP contribution in [0.25, 0.3) is 10.2 Å². The number of nitrogens with zero attached hydrogens (tertiary/aromatic N) is 3. The summed E-state index contributed by atoms with van der Waals surface area (Å²) in [6.07, 6.45) is 3.64. The van der Waals surface area contributed by atoms with E-state index in [2.05, 4.69) is 4.98 Å². The summed E-state index contributed by atoms with van der Waals surface area (Å²) >= 11 is 1.33. The molecule has 1 amide bonds. The predicted molar refractivity (Wildman–Crippen MR) is 74.7 cm³/mol. The van der Waals surface area contributed by atoms with Gasteiger partial charge in [-0.25, -0.2) is 4.98 Å². The second-order valence-electron chi connectivity index (χ2n) is 4.90. The zero-order valence-corrected chi connectivity index (χ0v) is 11.8. The van der Waals surface area contributed by atoms with Gasteiger partial charge < -0.3 is 9.47 Å². The Labute approximate surface area is 114 Å². The van der Waals surface area contributed by atoms with Crippen molar-refractivity contribution < 1.29 is 4.79 Å². The van der Waals surface area contributed by atoms with Gasteiger partial charge in [0.2, 0.25) is 0 Å². The molecule has 3 heterocycles. The van der Waals surface area contributed by atoms with E-state index in [1.54, 1.807) is 7.05 Å². The van der Waals surface area contributed by atoms with Crippen LogP contribution >= 0.6 is 11.3 Å². The van der Waals surface area contributed by atoms with Crippen LogP contribution in [0.15, 0.2) is 11.1 Å². The minimum Gasteiger partial charge on any atom is -0.338 e. The second-order valence-corrected chi connectivity index (χ2v) is 5.90. The summed E-state index contributed by atoms with van der Waals surface area (Å²) in [7, 11) is 1.67. The van der Waals surface area contributed by atoms with E-state index >= 15 is 0 Å². The van der Waals surface area contributed by atoms with Crippen molar-refractivity contribution in [1.82, 2.24) is 14.5 Å². The molecule has 5 nitrogen and oxygen atoms in total. The third kappa shape index (κ3) is 1.87. The molecule has 2 aromatic rings. The van der Waals surface area contributed by atoms with Gasteiger partial charge in [-0.05, 0) is 25.3 Å². The van der Waals surface area contributed by atoms with Gasteiger partial charge in [-0.2, -0.15) is 0 Å². The van der Waals surface area contributed by atoms with Gasteiger partial charge in [0.25, 0.3) is 11.5 Å². The molecule has 0 aliphatic carbocycles. The zero-order chi connectivity index (χ0) is 13.6. The van der Waals surface area contributed by atoms with Crippen molar-refractivity contribution in [1.29, 1.82) is 0 Å². The van der Waals surface area contributed by atoms with Crippen molar-refractivity contribution in [2.75, 3.05) is 13.1 Å². The molecule has 0 unspecified atom stereocenters. The maximum absolute atomic E-state index is 12.4. The van der Waals surface area contributed by atoms with Gasteiger partial charge in [0.15, 0.2) is 0 Å². The van der Waals surface area contributed by atoms with Crippen LogP contribution in [0.4, 0.5) is 0 Å². The highest BCUT2D eigenvalue weighted by Crippen LogP contribution is 2.28. The number of aromatic nitrogens is 2. The Bertz CT molecular complexity index is 710. The van der Waals surface area contributed by atoms with Crippen molar-refractivity contribution in [2.24, 2.45) is 7.05 Å². The average Bonchev–Trinajstić information content (AvgIpc) is 3.01. The Kier molecular flexibility index (Phi) is 2.89. The summed E-state index contributed by atoms with van der Waals surface area (Å²) in [5.41, 5.74) is 0.685. The molecular weight excluding hydrogens is 262 g/mol. The monoisotopic (exact) mass is 277 g/mol. The topological polar surface area (TPSA) is 55.2 Å². The number of likely N-dealkylation sites (tertiary alicyclic amines) is 1. The Balaban J connectivity index is 2.15. The van der Waals surface area contributed by atoms with Gasteiger partial charge in [0, 0.05) is 20.1 Å². The molecule has 3 rings (SSSR count). The largest absolute Gasteiger partial charge is 0.338 e. The summed E-state index contributed by atoms with van der Waals surface area (Å²) in [4.78, 5) is 32.0. The van der Waals surface area contributed by atoms with E-state index in [0.29, 0.717) is 15.1 Å². The Morgan fingerprint density at radius 3 is 2.74 bits per heavy atom. The molecule has 1 aliphatic heterocycles. The van der Waals surface area contributed by atoms with Crippen LogP contribution in [0.2, 0.25) is 0 Å². The number of hydrogen-bond acceptors (Lipinski definition) is 4. The number of fused-ring (bicyclic) bond motifs is 1. The summed E-state index contributed by atoms with van der Waals surface area (Å²) in [6, 6.07) is 0. The lowest BCUT2D eigenvalue weighted by molar-refractivity contribution is 0.0797. The number of aryl methyl sites for hydroxylation is 2. The van der Waals surface area contributed by atoms with Gasteiger partial charge in [0.05, 0.1) is 16.6 Å². The number of rotatable bonds is 1. The molecule has 0 bridgehead atoms. The lowest BCUT2D eigenvalue weighted by atomic mass is 10.2. The lowest BCUT2D eigenvalue weighted by Gasteiger charge is -2.14. The van der Waals surface area contributed by atoms with Crippen LogP contribution in [0.1, 0.15) is 28.1 Å². The molecule has 0 atom stereocenters. The van der Waals surface area contributed by atoms with E-state index in [-0.39, 0.29) is 11.5 Å². The Morgan fingerprint density at radius 1 is 1.37 bits per heavy atom. The van der Waals surface area contributed by atoms with Crippen molar-refractivity contribution in [3.63, 3.8) is 0 Å². The van der Waals surface area contributed by atoms with Crippen LogP contribution in [0.3, 0.4) is 0 Å². The fraction of sp³-hybridized carbons (Fsp3) is 0.462. The molecule has 0 spiro atoms. The van der Waals surface area contributed by atoms with E-state index in [1.165, 1.54) is 22.2 Å². The smallest absolute Gasteiger partial charge is 0.264 e. The van der Waals surface area contributed by atoms with Gasteiger partial charge in [0.1, 0.15) is 4.83 Å². The highest BCUT2D eigenvalue weighted by Gasteiger charge is 2.25. The maximum atomic E-state index is 12.4. The molecule has 0 aromatic carbocycles. The number of carbonyl (C=O) groups is 1. The third-order valence-corrected chi connectivity index (χ3v) is 4.79. The molecule has 0 radical (unpaired) electrons. The minimum atomic E-state index is -0.0841. The van der Waals surface area contributed by atoms with Crippen molar-refractivity contribution in [2.45, 2.75) is 19.8 Å². The number of carbonyl (C=O) groups excluding carboxylic acids is 1. The molecular formula is C13H15N3O2S. The van der Waals surface area contributed by atoms with Gasteiger partial charge in [-0.1, -0.05) is 0 Å². The van der Waals surface area contributed by atoms with Crippen LogP contribution in [0.5, 0.6) is 0 Å². The summed E-state index contributed by atoms with van der Waals surface area (Å²) < 4.78 is 1.45. The molecule has 2 aromatic heterocycles. The summed E-state index contributed by atoms with van der Waals surface area (Å²) in [5.74, 6) is 0.0417. The van der Waals surface area contributed by atoms with Crippen LogP contribution in [0, 0.1) is 6.92 Å². The molecule has 1 fully saturated rings. The third-order valence-electron chi connectivity index (χ3n) is 3.60. The normalized spacial score (nSPS) is 15.4. The molecule has 100 valence electrons. The van der Waals surface area contributed by atoms with Crippen molar-refractivity contribution in [3.8, 4) is 0 Å². The van der Waals surface area contributed by atoms with Gasteiger partial charge in [-0.3, -0.25) is 9.59 Å². The predicted octanol–water partition coefficient (Wildman–Crippen LogP) is 1.54. The standard InChI is InChI=1S/C13H15N3O2S/c1-8-9-11(14-7-15(2)12(9)17)19-10(8)13(18)16-5-3-4-6-16/h7H,3-6H2,1-2H3. The first-order chi connectivity index (χ1) is 9.09. The first kappa shape index (κ1) is 12.3. The fourth-order valence-corrected chi connectivity index (χ4v) is 3.58. The van der Waals surface area contributed by atoms with Crippen LogP contribution in [-0.2, 0) is 7.05 Å². The summed E-state index contributed by atoms with van der Waals surface area (Å²) in [6.45, 7) is 3.47. The molecule has 0 saturated carbocycles. The average molecular weight is 277 g/mol. The van der Waals surface area contributed by atoms with Crippen molar-refractivity contribution in [3.05, 3.63) is 27.1 Å². The van der Waals surface area contributed by atoms with E-state index in [1.807, 2.05) is 11.8 Å². The zero-order valence-electron chi connectivity index (χ0n) is 11.0. The van der Waals surface area contributed by atoms with Crippen LogP contribution < -0.4 is 5.56 Å². The first-order valence-electron chi connectivity index (χ1n) is 6.33. The lowest BCUT2D eigenvalue weighted by Crippen LogP contribution is -2.27. The quantitative estimate of drug-likeness (QED) is 0.794. The van der Waals surface area contributed by atoms with E-state index < -0.39 is 0 Å². The number of hydrogen-bond donors (Lipinski definition) is 0. The molecule has 19 heavy (non-hydrogen) atoms. The SMILES string of the molecule is Cc1c(C(=O)N2CCCC2)sc2ncn(C)c(=O)c12. The maximum Gasteiger partial charge on any atom is 0.264 e. The minimum absolute atomic E-state index is 0.0417. The highest BCUT2D eigenvalue weighted by atomic mass is 32.1. The molecule has 6 heteroatoms.